The van der Waals surface area contributed by atoms with Crippen LogP contribution in [0, 0.1) is 6.92 Å². The van der Waals surface area contributed by atoms with Crippen LogP contribution in [-0.2, 0) is 23.1 Å². The molecule has 1 atom stereocenters. The van der Waals surface area contributed by atoms with Crippen LogP contribution >= 0.6 is 11.3 Å². The summed E-state index contributed by atoms with van der Waals surface area (Å²) in [4.78, 5) is 30.0. The fraction of sp³-hybridized carbons (Fsp3) is 0.400. The van der Waals surface area contributed by atoms with E-state index < -0.39 is 6.04 Å². The molecule has 1 fully saturated rings. The molecule has 0 radical (unpaired) electrons. The molecule has 0 spiro atoms. The summed E-state index contributed by atoms with van der Waals surface area (Å²) in [6, 6.07) is 12.9. The Morgan fingerprint density at radius 3 is 2.59 bits per heavy atom. The molecule has 1 aromatic carbocycles. The van der Waals surface area contributed by atoms with E-state index in [1.165, 1.54) is 6.42 Å². The van der Waals surface area contributed by atoms with Gasteiger partial charge in [-0.25, -0.2) is 0 Å². The third-order valence-electron chi connectivity index (χ3n) is 6.06. The van der Waals surface area contributed by atoms with Crippen LogP contribution in [0.25, 0.3) is 0 Å². The van der Waals surface area contributed by atoms with Crippen LogP contribution in [0.4, 0.5) is 5.82 Å². The summed E-state index contributed by atoms with van der Waals surface area (Å²) in [5.74, 6) is 0.204. The molecule has 0 aliphatic heterocycles. The number of benzene rings is 1. The SMILES string of the molecule is Cc1ccccc1C(C(=O)NC1CCCCC1)N(C(=O)Cc1cccs1)c1ccn(C)n1. The first-order valence-corrected chi connectivity index (χ1v) is 12.1. The maximum Gasteiger partial charge on any atom is 0.248 e. The van der Waals surface area contributed by atoms with E-state index in [2.05, 4.69) is 10.4 Å². The summed E-state index contributed by atoms with van der Waals surface area (Å²) in [6.45, 7) is 1.98. The van der Waals surface area contributed by atoms with Gasteiger partial charge in [0, 0.05) is 30.2 Å². The van der Waals surface area contributed by atoms with Gasteiger partial charge < -0.3 is 5.32 Å². The number of anilines is 1. The number of aryl methyl sites for hydroxylation is 2. The number of hydrogen-bond donors (Lipinski definition) is 1. The minimum Gasteiger partial charge on any atom is -0.351 e. The summed E-state index contributed by atoms with van der Waals surface area (Å²) < 4.78 is 1.66. The monoisotopic (exact) mass is 450 g/mol. The third kappa shape index (κ3) is 5.10. The zero-order chi connectivity index (χ0) is 22.5. The molecule has 32 heavy (non-hydrogen) atoms. The lowest BCUT2D eigenvalue weighted by Crippen LogP contribution is -2.48. The number of rotatable bonds is 7. The molecule has 2 aromatic heterocycles. The molecule has 168 valence electrons. The zero-order valence-corrected chi connectivity index (χ0v) is 19.5. The van der Waals surface area contributed by atoms with Crippen molar-refractivity contribution in [1.82, 2.24) is 15.1 Å². The smallest absolute Gasteiger partial charge is 0.248 e. The van der Waals surface area contributed by atoms with E-state index in [1.54, 1.807) is 33.2 Å². The number of carbonyl (C=O) groups is 2. The van der Waals surface area contributed by atoms with Crippen LogP contribution in [-0.4, -0.2) is 27.6 Å². The lowest BCUT2D eigenvalue weighted by atomic mass is 9.94. The highest BCUT2D eigenvalue weighted by molar-refractivity contribution is 7.10. The van der Waals surface area contributed by atoms with Gasteiger partial charge in [-0.1, -0.05) is 49.6 Å². The van der Waals surface area contributed by atoms with Crippen molar-refractivity contribution >= 4 is 29.0 Å². The van der Waals surface area contributed by atoms with Crippen LogP contribution in [0.15, 0.2) is 54.0 Å². The maximum absolute atomic E-state index is 13.8. The quantitative estimate of drug-likeness (QED) is 0.574. The Morgan fingerprint density at radius 2 is 1.94 bits per heavy atom. The average molecular weight is 451 g/mol. The second-order valence-electron chi connectivity index (χ2n) is 8.47. The van der Waals surface area contributed by atoms with E-state index in [-0.39, 0.29) is 24.3 Å². The Labute approximate surface area is 193 Å². The minimum absolute atomic E-state index is 0.141. The number of hydrogen-bond acceptors (Lipinski definition) is 4. The molecular formula is C25H30N4O2S. The van der Waals surface area contributed by atoms with E-state index in [9.17, 15) is 9.59 Å². The lowest BCUT2D eigenvalue weighted by molar-refractivity contribution is -0.127. The Balaban J connectivity index is 1.73. The first-order valence-electron chi connectivity index (χ1n) is 11.2. The molecule has 1 unspecified atom stereocenters. The van der Waals surface area contributed by atoms with Gasteiger partial charge in [-0.05, 0) is 42.3 Å². The molecule has 3 aromatic rings. The van der Waals surface area contributed by atoms with Gasteiger partial charge >= 0.3 is 0 Å². The van der Waals surface area contributed by atoms with Crippen molar-refractivity contribution < 1.29 is 9.59 Å². The molecule has 0 bridgehead atoms. The molecule has 7 heteroatoms. The fourth-order valence-electron chi connectivity index (χ4n) is 4.40. The second-order valence-corrected chi connectivity index (χ2v) is 9.50. The molecule has 4 rings (SSSR count). The molecule has 1 aliphatic carbocycles. The van der Waals surface area contributed by atoms with E-state index in [4.69, 9.17) is 0 Å². The summed E-state index contributed by atoms with van der Waals surface area (Å²) in [6.07, 6.45) is 7.47. The molecule has 2 amide bonds. The number of nitrogens with zero attached hydrogens (tertiary/aromatic N) is 3. The number of carbonyl (C=O) groups excluding carboxylic acids is 2. The highest BCUT2D eigenvalue weighted by Crippen LogP contribution is 2.31. The van der Waals surface area contributed by atoms with Gasteiger partial charge in [-0.3, -0.25) is 19.2 Å². The molecular weight excluding hydrogens is 420 g/mol. The summed E-state index contributed by atoms with van der Waals surface area (Å²) >= 11 is 1.54. The summed E-state index contributed by atoms with van der Waals surface area (Å²) in [5, 5.41) is 9.72. The summed E-state index contributed by atoms with van der Waals surface area (Å²) in [5.41, 5.74) is 1.80. The number of aromatic nitrogens is 2. The van der Waals surface area contributed by atoms with Gasteiger partial charge in [0.05, 0.1) is 6.42 Å². The van der Waals surface area contributed by atoms with Crippen molar-refractivity contribution in [2.75, 3.05) is 4.90 Å². The third-order valence-corrected chi connectivity index (χ3v) is 6.94. The van der Waals surface area contributed by atoms with E-state index in [0.29, 0.717) is 5.82 Å². The maximum atomic E-state index is 13.8. The molecule has 2 heterocycles. The summed E-state index contributed by atoms with van der Waals surface area (Å²) in [7, 11) is 1.82. The largest absolute Gasteiger partial charge is 0.351 e. The Hall–Kier alpha value is -2.93. The van der Waals surface area contributed by atoms with E-state index in [0.717, 1.165) is 41.7 Å². The average Bonchev–Trinajstić information content (AvgIpc) is 3.45. The molecule has 1 saturated carbocycles. The Kier molecular flexibility index (Phi) is 7.05. The van der Waals surface area contributed by atoms with Crippen LogP contribution < -0.4 is 10.2 Å². The van der Waals surface area contributed by atoms with Crippen molar-refractivity contribution in [3.05, 3.63) is 70.0 Å². The zero-order valence-electron chi connectivity index (χ0n) is 18.7. The Morgan fingerprint density at radius 1 is 1.16 bits per heavy atom. The van der Waals surface area contributed by atoms with Crippen LogP contribution in [0.5, 0.6) is 0 Å². The Bertz CT molecular complexity index is 1050. The highest BCUT2D eigenvalue weighted by atomic mass is 32.1. The number of nitrogens with one attached hydrogen (secondary N) is 1. The first-order chi connectivity index (χ1) is 15.5. The highest BCUT2D eigenvalue weighted by Gasteiger charge is 2.36. The van der Waals surface area contributed by atoms with Crippen molar-refractivity contribution in [2.45, 2.75) is 57.5 Å². The predicted molar refractivity (Wildman–Crippen MR) is 128 cm³/mol. The molecule has 0 saturated heterocycles. The topological polar surface area (TPSA) is 67.2 Å². The standard InChI is InChI=1S/C25H30N4O2S/c1-18-9-6-7-13-21(18)24(25(31)26-19-10-4-3-5-11-19)29(22-14-15-28(2)27-22)23(30)17-20-12-8-16-32-20/h6-9,12-16,19,24H,3-5,10-11,17H2,1-2H3,(H,26,31). The van der Waals surface area contributed by atoms with Crippen LogP contribution in [0.1, 0.15) is 54.1 Å². The molecule has 1 aliphatic rings. The molecule has 6 nitrogen and oxygen atoms in total. The van der Waals surface area contributed by atoms with E-state index in [1.807, 2.05) is 55.7 Å². The number of thiophene rings is 1. The van der Waals surface area contributed by atoms with Gasteiger partial charge in [-0.2, -0.15) is 5.10 Å². The lowest BCUT2D eigenvalue weighted by Gasteiger charge is -2.32. The second kappa shape index (κ2) is 10.1. The predicted octanol–water partition coefficient (Wildman–Crippen LogP) is 4.56. The van der Waals surface area contributed by atoms with Crippen molar-refractivity contribution in [3.63, 3.8) is 0 Å². The van der Waals surface area contributed by atoms with Gasteiger partial charge in [0.15, 0.2) is 5.82 Å². The van der Waals surface area contributed by atoms with Gasteiger partial charge in [0.1, 0.15) is 6.04 Å². The van der Waals surface area contributed by atoms with Crippen molar-refractivity contribution in [2.24, 2.45) is 7.05 Å². The molecule has 1 N–H and O–H groups in total. The normalized spacial score (nSPS) is 15.3. The van der Waals surface area contributed by atoms with E-state index >= 15 is 0 Å². The van der Waals surface area contributed by atoms with Gasteiger partial charge in [0.2, 0.25) is 11.8 Å². The van der Waals surface area contributed by atoms with Gasteiger partial charge in [0.25, 0.3) is 0 Å². The van der Waals surface area contributed by atoms with Crippen LogP contribution in [0.3, 0.4) is 0 Å². The number of amides is 2. The van der Waals surface area contributed by atoms with Crippen molar-refractivity contribution in [1.29, 1.82) is 0 Å². The minimum atomic E-state index is -0.777. The van der Waals surface area contributed by atoms with Crippen molar-refractivity contribution in [3.8, 4) is 0 Å². The van der Waals surface area contributed by atoms with Gasteiger partial charge in [-0.15, -0.1) is 11.3 Å². The van der Waals surface area contributed by atoms with Crippen LogP contribution in [0.2, 0.25) is 0 Å². The fourth-order valence-corrected chi connectivity index (χ4v) is 5.10. The first kappa shape index (κ1) is 22.3.